The van der Waals surface area contributed by atoms with Crippen molar-refractivity contribution < 1.29 is 33.8 Å². The van der Waals surface area contributed by atoms with Crippen LogP contribution in [0.4, 0.5) is 0 Å². The van der Waals surface area contributed by atoms with E-state index >= 15 is 0 Å². The fourth-order valence-electron chi connectivity index (χ4n) is 8.12. The van der Waals surface area contributed by atoms with Crippen LogP contribution in [0.3, 0.4) is 0 Å². The molecule has 0 aromatic carbocycles. The maximum absolute atomic E-state index is 13.8. The van der Waals surface area contributed by atoms with Gasteiger partial charge in [0, 0.05) is 35.5 Å². The maximum atomic E-state index is 13.8. The summed E-state index contributed by atoms with van der Waals surface area (Å²) in [4.78, 5) is 50.4. The second kappa shape index (κ2) is 8.99. The minimum absolute atomic E-state index is 0.0155. The number of esters is 2. The highest BCUT2D eigenvalue weighted by atomic mass is 16.6. The molecular weight excluding hydrogens is 448 g/mol. The molecule has 0 bridgehead atoms. The van der Waals surface area contributed by atoms with Crippen LogP contribution in [0.5, 0.6) is 0 Å². The monoisotopic (exact) mass is 486 g/mol. The molecule has 4 aliphatic rings. The van der Waals surface area contributed by atoms with Crippen LogP contribution in [0.2, 0.25) is 0 Å². The van der Waals surface area contributed by atoms with Gasteiger partial charge in [-0.1, -0.05) is 46.3 Å². The molecule has 8 atom stereocenters. The number of rotatable bonds is 6. The summed E-state index contributed by atoms with van der Waals surface area (Å²) in [6.45, 7) is 8.90. The Morgan fingerprint density at radius 2 is 1.83 bits per heavy atom. The maximum Gasteiger partial charge on any atom is 0.306 e. The third-order valence-electron chi connectivity index (χ3n) is 9.67. The molecule has 0 spiro atoms. The summed E-state index contributed by atoms with van der Waals surface area (Å²) in [5.74, 6) is -1.63. The SMILES string of the molecule is CCC(=O)OCC(=O)[C@@]1(OC(=O)CC)[C@@H](C)C[C@H]2[C@@H]3CCC4=CC(=O)C=C[C@]4(C)C3[C@@H](O)C[C@@]21C. The number of ether oxygens (including phenoxy) is 2. The molecule has 0 aromatic heterocycles. The minimum atomic E-state index is -1.47. The highest BCUT2D eigenvalue weighted by molar-refractivity contribution is 6.01. The number of carbonyl (C=O) groups excluding carboxylic acids is 4. The molecule has 1 unspecified atom stereocenters. The van der Waals surface area contributed by atoms with Crippen LogP contribution in [0.25, 0.3) is 0 Å². The van der Waals surface area contributed by atoms with Gasteiger partial charge in [0.2, 0.25) is 5.78 Å². The number of aliphatic hydroxyl groups excluding tert-OH is 1. The van der Waals surface area contributed by atoms with E-state index in [4.69, 9.17) is 9.47 Å². The number of ketones is 2. The summed E-state index contributed by atoms with van der Waals surface area (Å²) in [6.07, 6.45) is 7.31. The van der Waals surface area contributed by atoms with Crippen molar-refractivity contribution in [3.05, 3.63) is 23.8 Å². The van der Waals surface area contributed by atoms with Crippen LogP contribution in [-0.4, -0.2) is 46.9 Å². The predicted molar refractivity (Wildman–Crippen MR) is 128 cm³/mol. The smallest absolute Gasteiger partial charge is 0.306 e. The molecule has 3 saturated carbocycles. The lowest BCUT2D eigenvalue weighted by atomic mass is 9.46. The molecule has 7 nitrogen and oxygen atoms in total. The van der Waals surface area contributed by atoms with Crippen LogP contribution < -0.4 is 0 Å². The molecule has 7 heteroatoms. The third-order valence-corrected chi connectivity index (χ3v) is 9.67. The number of carbonyl (C=O) groups is 4. The summed E-state index contributed by atoms with van der Waals surface area (Å²) in [5.41, 5.74) is -1.64. The Morgan fingerprint density at radius 3 is 2.49 bits per heavy atom. The van der Waals surface area contributed by atoms with Gasteiger partial charge >= 0.3 is 11.9 Å². The van der Waals surface area contributed by atoms with Crippen molar-refractivity contribution in [2.45, 2.75) is 84.8 Å². The fourth-order valence-corrected chi connectivity index (χ4v) is 8.12. The van der Waals surface area contributed by atoms with Crippen LogP contribution in [0.15, 0.2) is 23.8 Å². The lowest BCUT2D eigenvalue weighted by molar-refractivity contribution is -0.206. The average molecular weight is 487 g/mol. The van der Waals surface area contributed by atoms with E-state index in [-0.39, 0.29) is 48.7 Å². The first-order valence-corrected chi connectivity index (χ1v) is 13.0. The zero-order chi connectivity index (χ0) is 25.8. The van der Waals surface area contributed by atoms with Crippen molar-refractivity contribution in [1.82, 2.24) is 0 Å². The van der Waals surface area contributed by atoms with Crippen molar-refractivity contribution in [1.29, 1.82) is 0 Å². The Morgan fingerprint density at radius 1 is 1.14 bits per heavy atom. The molecule has 1 N–H and O–H groups in total. The van der Waals surface area contributed by atoms with Gasteiger partial charge in [-0.3, -0.25) is 19.2 Å². The number of fused-ring (bicyclic) bond motifs is 5. The Bertz CT molecular complexity index is 995. The number of allylic oxidation sites excluding steroid dienone is 4. The molecule has 4 aliphatic carbocycles. The van der Waals surface area contributed by atoms with E-state index < -0.39 is 46.9 Å². The summed E-state index contributed by atoms with van der Waals surface area (Å²) in [6, 6.07) is 0. The Balaban J connectivity index is 1.76. The van der Waals surface area contributed by atoms with Crippen molar-refractivity contribution in [3.63, 3.8) is 0 Å². The van der Waals surface area contributed by atoms with E-state index in [1.54, 1.807) is 26.0 Å². The van der Waals surface area contributed by atoms with E-state index in [9.17, 15) is 24.3 Å². The van der Waals surface area contributed by atoms with Gasteiger partial charge in [0.15, 0.2) is 18.0 Å². The van der Waals surface area contributed by atoms with Gasteiger partial charge in [-0.2, -0.15) is 0 Å². The van der Waals surface area contributed by atoms with Gasteiger partial charge in [-0.25, -0.2) is 0 Å². The minimum Gasteiger partial charge on any atom is -0.457 e. The van der Waals surface area contributed by atoms with E-state index in [1.165, 1.54) is 0 Å². The first kappa shape index (κ1) is 25.8. The summed E-state index contributed by atoms with van der Waals surface area (Å²) in [7, 11) is 0. The molecule has 0 heterocycles. The van der Waals surface area contributed by atoms with Crippen molar-refractivity contribution in [2.24, 2.45) is 34.5 Å². The fraction of sp³-hybridized carbons (Fsp3) is 0.714. The van der Waals surface area contributed by atoms with E-state index in [0.717, 1.165) is 18.4 Å². The van der Waals surface area contributed by atoms with Crippen LogP contribution in [-0.2, 0) is 28.7 Å². The standard InChI is InChI=1S/C28H38O7/c1-6-23(32)34-15-22(31)28(35-24(33)7-2)16(3)12-20-19-9-8-17-13-18(29)10-11-26(17,4)25(19)21(30)14-27(20,28)5/h10-11,13,16,19-21,25,30H,6-9,12,14-15H2,1-5H3/t16-,19-,20-,21-,25?,26-,27-,28-/m0/s1. The second-order valence-electron chi connectivity index (χ2n) is 11.3. The van der Waals surface area contributed by atoms with Crippen LogP contribution in [0, 0.1) is 34.5 Å². The van der Waals surface area contributed by atoms with Crippen molar-refractivity contribution >= 4 is 23.5 Å². The Hall–Kier alpha value is -2.28. The quantitative estimate of drug-likeness (QED) is 0.570. The lowest BCUT2D eigenvalue weighted by Crippen LogP contribution is -2.64. The first-order chi connectivity index (χ1) is 16.4. The normalized spacial score (nSPS) is 41.8. The molecule has 0 saturated heterocycles. The van der Waals surface area contributed by atoms with Gasteiger partial charge in [-0.15, -0.1) is 0 Å². The van der Waals surface area contributed by atoms with Gasteiger partial charge in [-0.05, 0) is 49.7 Å². The number of hydrogen-bond donors (Lipinski definition) is 1. The van der Waals surface area contributed by atoms with E-state index in [2.05, 4.69) is 6.92 Å². The zero-order valence-corrected chi connectivity index (χ0v) is 21.5. The highest BCUT2D eigenvalue weighted by Gasteiger charge is 2.72. The molecule has 0 aromatic rings. The molecule has 4 rings (SSSR count). The zero-order valence-electron chi connectivity index (χ0n) is 21.5. The third kappa shape index (κ3) is 3.73. The molecule has 0 amide bonds. The number of Topliss-reactive ketones (excluding diaryl/α,β-unsaturated/α-hetero) is 1. The molecule has 0 radical (unpaired) electrons. The molecule has 35 heavy (non-hydrogen) atoms. The molecule has 3 fully saturated rings. The lowest BCUT2D eigenvalue weighted by Gasteiger charge is -2.60. The van der Waals surface area contributed by atoms with Crippen molar-refractivity contribution in [2.75, 3.05) is 6.61 Å². The largest absolute Gasteiger partial charge is 0.457 e. The number of aliphatic hydroxyl groups is 1. The highest BCUT2D eigenvalue weighted by Crippen LogP contribution is 2.69. The molecular formula is C28H38O7. The molecule has 192 valence electrons. The average Bonchev–Trinajstić information content (AvgIpc) is 3.04. The Labute approximate surface area is 207 Å². The molecule has 0 aliphatic heterocycles. The van der Waals surface area contributed by atoms with Crippen LogP contribution >= 0.6 is 0 Å². The van der Waals surface area contributed by atoms with Gasteiger partial charge in [0.25, 0.3) is 0 Å². The first-order valence-electron chi connectivity index (χ1n) is 13.0. The van der Waals surface area contributed by atoms with Crippen LogP contribution in [0.1, 0.15) is 73.1 Å². The van der Waals surface area contributed by atoms with Gasteiger partial charge in [0.1, 0.15) is 0 Å². The van der Waals surface area contributed by atoms with E-state index in [0.29, 0.717) is 6.42 Å². The summed E-state index contributed by atoms with van der Waals surface area (Å²) >= 11 is 0. The summed E-state index contributed by atoms with van der Waals surface area (Å²) < 4.78 is 11.3. The van der Waals surface area contributed by atoms with Gasteiger partial charge < -0.3 is 14.6 Å². The predicted octanol–water partition coefficient (Wildman–Crippen LogP) is 3.73. The van der Waals surface area contributed by atoms with Crippen molar-refractivity contribution in [3.8, 4) is 0 Å². The number of hydrogen-bond acceptors (Lipinski definition) is 7. The Kier molecular flexibility index (Phi) is 6.62. The topological polar surface area (TPSA) is 107 Å². The van der Waals surface area contributed by atoms with E-state index in [1.807, 2.05) is 19.9 Å². The second-order valence-corrected chi connectivity index (χ2v) is 11.3. The van der Waals surface area contributed by atoms with Gasteiger partial charge in [0.05, 0.1) is 6.10 Å². The summed E-state index contributed by atoms with van der Waals surface area (Å²) in [5, 5.41) is 11.7.